The van der Waals surface area contributed by atoms with Crippen molar-refractivity contribution in [1.82, 2.24) is 14.9 Å². The Morgan fingerprint density at radius 2 is 1.90 bits per heavy atom. The van der Waals surface area contributed by atoms with Crippen molar-refractivity contribution < 1.29 is 14.3 Å². The number of methoxy groups -OCH3 is 1. The quantitative estimate of drug-likeness (QED) is 0.515. The highest BCUT2D eigenvalue weighted by Gasteiger charge is 2.22. The number of benzene rings is 2. The first kappa shape index (κ1) is 20.6. The first-order chi connectivity index (χ1) is 13.5. The van der Waals surface area contributed by atoms with Crippen LogP contribution in [-0.4, -0.2) is 35.1 Å². The third kappa shape index (κ3) is 3.51. The molecular formula is C22H22ClN3O3. The minimum absolute atomic E-state index is 0. The van der Waals surface area contributed by atoms with Crippen molar-refractivity contribution in [2.75, 3.05) is 13.7 Å². The predicted octanol–water partition coefficient (Wildman–Crippen LogP) is 4.00. The number of carbonyl (C=O) groups is 2. The van der Waals surface area contributed by atoms with Crippen LogP contribution in [-0.2, 0) is 16.1 Å². The topological polar surface area (TPSA) is 73.2 Å². The van der Waals surface area contributed by atoms with Crippen molar-refractivity contribution in [3.05, 3.63) is 53.9 Å². The second kappa shape index (κ2) is 8.09. The third-order valence-corrected chi connectivity index (χ3v) is 5.08. The van der Waals surface area contributed by atoms with Gasteiger partial charge in [0.15, 0.2) is 0 Å². The lowest BCUT2D eigenvalue weighted by molar-refractivity contribution is -0.118. The number of fused-ring (bicyclic) bond motifs is 4. The van der Waals surface area contributed by atoms with E-state index < -0.39 is 5.97 Å². The molecule has 29 heavy (non-hydrogen) atoms. The van der Waals surface area contributed by atoms with E-state index in [4.69, 9.17) is 9.72 Å². The van der Waals surface area contributed by atoms with Crippen LogP contribution in [0.5, 0.6) is 0 Å². The number of ether oxygens (including phenoxy) is 1. The normalized spacial score (nSPS) is 10.9. The number of nitrogens with one attached hydrogen (secondary N) is 1. The molecule has 0 fully saturated rings. The van der Waals surface area contributed by atoms with Crippen LogP contribution in [0.15, 0.2) is 42.7 Å². The van der Waals surface area contributed by atoms with Crippen molar-refractivity contribution in [3.8, 4) is 0 Å². The molecule has 6 nitrogen and oxygen atoms in total. The lowest BCUT2D eigenvalue weighted by Gasteiger charge is -2.14. The lowest BCUT2D eigenvalue weighted by atomic mass is 9.96. The van der Waals surface area contributed by atoms with Gasteiger partial charge in [0.05, 0.1) is 23.7 Å². The van der Waals surface area contributed by atoms with Crippen LogP contribution in [0.1, 0.15) is 22.8 Å². The highest BCUT2D eigenvalue weighted by molar-refractivity contribution is 6.23. The van der Waals surface area contributed by atoms with Gasteiger partial charge in [-0.2, -0.15) is 0 Å². The van der Waals surface area contributed by atoms with Crippen LogP contribution in [0, 0.1) is 6.92 Å². The van der Waals surface area contributed by atoms with Crippen LogP contribution >= 0.6 is 12.4 Å². The number of hydrogen-bond donors (Lipinski definition) is 1. The number of aromatic nitrogens is 2. The molecule has 0 aliphatic rings. The summed E-state index contributed by atoms with van der Waals surface area (Å²) in [5.74, 6) is -0.449. The first-order valence-corrected chi connectivity index (χ1v) is 9.14. The monoisotopic (exact) mass is 411 g/mol. The zero-order valence-corrected chi connectivity index (χ0v) is 17.3. The summed E-state index contributed by atoms with van der Waals surface area (Å²) in [5.41, 5.74) is 3.09. The maximum absolute atomic E-state index is 12.6. The van der Waals surface area contributed by atoms with Gasteiger partial charge in [-0.1, -0.05) is 18.2 Å². The summed E-state index contributed by atoms with van der Waals surface area (Å²) in [6, 6.07) is 9.81. The molecule has 0 bridgehead atoms. The molecule has 1 N–H and O–H groups in total. The molecule has 7 heteroatoms. The minimum atomic E-state index is -0.395. The molecule has 2 aromatic heterocycles. The number of nitrogens with zero attached hydrogens (tertiary/aromatic N) is 2. The number of aryl methyl sites for hydroxylation is 1. The standard InChI is InChI=1S/C22H21N3O3.ClH/c1-13-17-12-25(11-9-23-14(2)26)10-8-15(17)20(22(27)28-3)21-19(13)16-6-4-5-7-18(16)24-21;/h4-8,10,12H,9,11H2,1-3H3,(H,23,26);1H. The van der Waals surface area contributed by atoms with Crippen LogP contribution in [0.4, 0.5) is 0 Å². The average molecular weight is 412 g/mol. The fourth-order valence-electron chi connectivity index (χ4n) is 3.77. The van der Waals surface area contributed by atoms with Crippen molar-refractivity contribution >= 4 is 56.9 Å². The molecule has 4 aromatic rings. The van der Waals surface area contributed by atoms with Crippen molar-refractivity contribution in [3.63, 3.8) is 0 Å². The van der Waals surface area contributed by atoms with E-state index in [-0.39, 0.29) is 18.3 Å². The fraction of sp³-hybridized carbons (Fsp3) is 0.227. The summed E-state index contributed by atoms with van der Waals surface area (Å²) < 4.78 is 7.09. The Hall–Kier alpha value is -3.12. The Morgan fingerprint density at radius 1 is 1.14 bits per heavy atom. The van der Waals surface area contributed by atoms with E-state index >= 15 is 0 Å². The number of esters is 1. The third-order valence-electron chi connectivity index (χ3n) is 5.08. The molecule has 0 spiro atoms. The smallest absolute Gasteiger partial charge is 0.340 e. The van der Waals surface area contributed by atoms with E-state index in [0.29, 0.717) is 24.2 Å². The highest BCUT2D eigenvalue weighted by Crippen LogP contribution is 2.37. The van der Waals surface area contributed by atoms with Crippen molar-refractivity contribution in [1.29, 1.82) is 0 Å². The number of hydrogen-bond acceptors (Lipinski definition) is 4. The van der Waals surface area contributed by atoms with Gasteiger partial charge in [0, 0.05) is 54.0 Å². The molecule has 2 heterocycles. The number of rotatable bonds is 4. The number of pyridine rings is 1. The predicted molar refractivity (Wildman–Crippen MR) is 117 cm³/mol. The summed E-state index contributed by atoms with van der Waals surface area (Å²) in [7, 11) is 1.39. The van der Waals surface area contributed by atoms with Crippen LogP contribution in [0.25, 0.3) is 32.6 Å². The molecular weight excluding hydrogens is 390 g/mol. The molecule has 0 aliphatic carbocycles. The summed E-state index contributed by atoms with van der Waals surface area (Å²) in [6.45, 7) is 4.73. The van der Waals surface area contributed by atoms with Gasteiger partial charge in [-0.3, -0.25) is 4.79 Å². The largest absolute Gasteiger partial charge is 0.465 e. The molecule has 4 rings (SSSR count). The van der Waals surface area contributed by atoms with Gasteiger partial charge in [-0.15, -0.1) is 12.4 Å². The zero-order valence-electron chi connectivity index (χ0n) is 16.5. The Bertz CT molecular complexity index is 1250. The molecule has 2 aromatic carbocycles. The summed E-state index contributed by atoms with van der Waals surface area (Å²) in [5, 5.41) is 6.58. The summed E-state index contributed by atoms with van der Waals surface area (Å²) in [4.78, 5) is 28.5. The molecule has 150 valence electrons. The SMILES string of the molecule is COC(=O)c1c2ccn(CCNC(C)=O)cc2c(C)c2c1nc1ccccc12.Cl. The minimum Gasteiger partial charge on any atom is -0.465 e. The molecule has 0 radical (unpaired) electrons. The van der Waals surface area contributed by atoms with Gasteiger partial charge in [0.25, 0.3) is 0 Å². The highest BCUT2D eigenvalue weighted by atomic mass is 35.5. The molecule has 0 unspecified atom stereocenters. The second-order valence-electron chi connectivity index (χ2n) is 6.84. The average Bonchev–Trinajstić information content (AvgIpc) is 3.07. The fourth-order valence-corrected chi connectivity index (χ4v) is 3.77. The number of para-hydroxylation sites is 1. The summed E-state index contributed by atoms with van der Waals surface area (Å²) in [6.07, 6.45) is 3.92. The molecule has 0 saturated carbocycles. The Morgan fingerprint density at radius 3 is 2.62 bits per heavy atom. The van der Waals surface area contributed by atoms with Gasteiger partial charge in [-0.05, 0) is 24.6 Å². The van der Waals surface area contributed by atoms with E-state index in [1.807, 2.05) is 47.3 Å². The molecule has 0 saturated heterocycles. The lowest BCUT2D eigenvalue weighted by Crippen LogP contribution is -2.24. The Kier molecular flexibility index (Phi) is 5.75. The molecule has 0 aliphatic heterocycles. The summed E-state index contributed by atoms with van der Waals surface area (Å²) >= 11 is 0. The number of halogens is 1. The maximum Gasteiger partial charge on any atom is 0.340 e. The van der Waals surface area contributed by atoms with Gasteiger partial charge < -0.3 is 14.6 Å². The van der Waals surface area contributed by atoms with E-state index in [9.17, 15) is 9.59 Å². The van der Waals surface area contributed by atoms with E-state index in [1.165, 1.54) is 14.0 Å². The van der Waals surface area contributed by atoms with Crippen molar-refractivity contribution in [2.45, 2.75) is 20.4 Å². The van der Waals surface area contributed by atoms with Crippen LogP contribution in [0.3, 0.4) is 0 Å². The Labute approximate surface area is 174 Å². The van der Waals surface area contributed by atoms with E-state index in [0.717, 1.165) is 32.6 Å². The van der Waals surface area contributed by atoms with E-state index in [1.54, 1.807) is 0 Å². The Balaban J connectivity index is 0.00000240. The zero-order chi connectivity index (χ0) is 19.8. The van der Waals surface area contributed by atoms with Crippen LogP contribution in [0.2, 0.25) is 0 Å². The number of carbonyl (C=O) groups excluding carboxylic acids is 2. The van der Waals surface area contributed by atoms with Gasteiger partial charge in [-0.25, -0.2) is 9.78 Å². The van der Waals surface area contributed by atoms with Crippen molar-refractivity contribution in [2.24, 2.45) is 0 Å². The van der Waals surface area contributed by atoms with Crippen LogP contribution < -0.4 is 5.32 Å². The first-order valence-electron chi connectivity index (χ1n) is 9.14. The molecule has 0 atom stereocenters. The molecule has 1 amide bonds. The maximum atomic E-state index is 12.6. The number of amides is 1. The van der Waals surface area contributed by atoms with Gasteiger partial charge in [0.2, 0.25) is 5.91 Å². The van der Waals surface area contributed by atoms with E-state index in [2.05, 4.69) is 12.2 Å². The second-order valence-corrected chi connectivity index (χ2v) is 6.84. The van der Waals surface area contributed by atoms with Gasteiger partial charge in [0.1, 0.15) is 0 Å². The van der Waals surface area contributed by atoms with Gasteiger partial charge >= 0.3 is 5.97 Å².